The summed E-state index contributed by atoms with van der Waals surface area (Å²) >= 11 is 2.18. The van der Waals surface area contributed by atoms with E-state index in [0.29, 0.717) is 17.1 Å². The van der Waals surface area contributed by atoms with Crippen LogP contribution in [0.1, 0.15) is 6.42 Å². The first-order chi connectivity index (χ1) is 13.1. The molecular weight excluding hydrogens is 455 g/mol. The smallest absolute Gasteiger partial charge is 0.233 e. The highest BCUT2D eigenvalue weighted by molar-refractivity contribution is 14.1. The summed E-state index contributed by atoms with van der Waals surface area (Å²) < 4.78 is 6.77. The summed E-state index contributed by atoms with van der Waals surface area (Å²) in [6.07, 6.45) is -0.256. The number of rotatable bonds is 6. The van der Waals surface area contributed by atoms with Crippen LogP contribution >= 0.6 is 22.6 Å². The molecule has 0 fully saturated rings. The summed E-state index contributed by atoms with van der Waals surface area (Å²) in [4.78, 5) is 24.0. The fraction of sp³-hybridized carbons (Fsp3) is 0.0476. The van der Waals surface area contributed by atoms with E-state index in [1.807, 2.05) is 42.5 Å². The van der Waals surface area contributed by atoms with Crippen molar-refractivity contribution in [3.8, 4) is 11.5 Å². The van der Waals surface area contributed by atoms with Crippen LogP contribution in [0.4, 0.5) is 11.4 Å². The summed E-state index contributed by atoms with van der Waals surface area (Å²) in [7, 11) is 0. The van der Waals surface area contributed by atoms with Gasteiger partial charge < -0.3 is 15.4 Å². The number of anilines is 2. The quantitative estimate of drug-likeness (QED) is 0.390. The third kappa shape index (κ3) is 6.10. The van der Waals surface area contributed by atoms with Crippen LogP contribution in [-0.4, -0.2) is 11.8 Å². The molecule has 0 heterocycles. The molecule has 0 saturated heterocycles. The molecule has 2 N–H and O–H groups in total. The first-order valence-corrected chi connectivity index (χ1v) is 9.34. The summed E-state index contributed by atoms with van der Waals surface area (Å²) in [6, 6.07) is 23.8. The van der Waals surface area contributed by atoms with Gasteiger partial charge in [-0.2, -0.15) is 0 Å². The van der Waals surface area contributed by atoms with Gasteiger partial charge in [-0.05, 0) is 83.3 Å². The van der Waals surface area contributed by atoms with E-state index in [0.717, 1.165) is 9.32 Å². The molecule has 0 bridgehead atoms. The summed E-state index contributed by atoms with van der Waals surface area (Å²) in [5.74, 6) is 0.657. The molecule has 6 heteroatoms. The molecule has 0 atom stereocenters. The van der Waals surface area contributed by atoms with Crippen molar-refractivity contribution < 1.29 is 14.3 Å². The Balaban J connectivity index is 1.50. The van der Waals surface area contributed by atoms with E-state index in [9.17, 15) is 9.59 Å². The van der Waals surface area contributed by atoms with Crippen LogP contribution in [0.3, 0.4) is 0 Å². The van der Waals surface area contributed by atoms with E-state index in [2.05, 4.69) is 33.2 Å². The molecule has 0 radical (unpaired) electrons. The highest BCUT2D eigenvalue weighted by atomic mass is 127. The maximum atomic E-state index is 12.0. The first kappa shape index (κ1) is 18.9. The Kier molecular flexibility index (Phi) is 6.43. The molecule has 3 rings (SSSR count). The van der Waals surface area contributed by atoms with E-state index in [1.165, 1.54) is 0 Å². The molecule has 0 spiro atoms. The number of carbonyl (C=O) groups excluding carboxylic acids is 2. The van der Waals surface area contributed by atoms with Gasteiger partial charge in [-0.1, -0.05) is 18.2 Å². The number of hydrogen-bond acceptors (Lipinski definition) is 3. The lowest BCUT2D eigenvalue weighted by Crippen LogP contribution is -2.21. The Labute approximate surface area is 170 Å². The molecule has 0 aliphatic rings. The third-order valence-corrected chi connectivity index (χ3v) is 4.29. The van der Waals surface area contributed by atoms with Gasteiger partial charge in [0, 0.05) is 14.9 Å². The number of nitrogens with one attached hydrogen (secondary N) is 2. The number of ether oxygens (including phenoxy) is 1. The Morgan fingerprint density at radius 2 is 1.19 bits per heavy atom. The fourth-order valence-corrected chi connectivity index (χ4v) is 2.68. The molecular formula is C21H17IN2O3. The zero-order chi connectivity index (χ0) is 19.1. The number of hydrogen-bond donors (Lipinski definition) is 2. The minimum Gasteiger partial charge on any atom is -0.457 e. The predicted molar refractivity (Wildman–Crippen MR) is 114 cm³/mol. The Morgan fingerprint density at radius 3 is 1.74 bits per heavy atom. The van der Waals surface area contributed by atoms with Gasteiger partial charge in [-0.15, -0.1) is 0 Å². The fourth-order valence-electron chi connectivity index (χ4n) is 2.32. The van der Waals surface area contributed by atoms with Crippen LogP contribution in [0.15, 0.2) is 78.9 Å². The number of amides is 2. The van der Waals surface area contributed by atoms with Crippen molar-refractivity contribution in [2.45, 2.75) is 6.42 Å². The van der Waals surface area contributed by atoms with Gasteiger partial charge in [-0.25, -0.2) is 0 Å². The van der Waals surface area contributed by atoms with Gasteiger partial charge in [0.25, 0.3) is 0 Å². The highest BCUT2D eigenvalue weighted by Gasteiger charge is 2.10. The van der Waals surface area contributed by atoms with Gasteiger partial charge in [0.05, 0.1) is 0 Å². The van der Waals surface area contributed by atoms with Crippen LogP contribution in [0.5, 0.6) is 11.5 Å². The molecule has 5 nitrogen and oxygen atoms in total. The monoisotopic (exact) mass is 472 g/mol. The first-order valence-electron chi connectivity index (χ1n) is 8.27. The minimum absolute atomic E-state index is 0.256. The molecule has 3 aromatic carbocycles. The van der Waals surface area contributed by atoms with E-state index in [-0.39, 0.29) is 18.2 Å². The van der Waals surface area contributed by atoms with E-state index in [1.54, 1.807) is 36.4 Å². The molecule has 0 aliphatic heterocycles. The van der Waals surface area contributed by atoms with Crippen molar-refractivity contribution >= 4 is 45.8 Å². The molecule has 3 aromatic rings. The molecule has 2 amide bonds. The zero-order valence-electron chi connectivity index (χ0n) is 14.3. The van der Waals surface area contributed by atoms with Crippen LogP contribution in [0.25, 0.3) is 0 Å². The van der Waals surface area contributed by atoms with Crippen LogP contribution in [-0.2, 0) is 9.59 Å². The molecule has 136 valence electrons. The maximum absolute atomic E-state index is 12.0. The van der Waals surface area contributed by atoms with Crippen molar-refractivity contribution in [3.05, 3.63) is 82.4 Å². The third-order valence-electron chi connectivity index (χ3n) is 3.57. The zero-order valence-corrected chi connectivity index (χ0v) is 16.5. The highest BCUT2D eigenvalue weighted by Crippen LogP contribution is 2.22. The second-order valence-corrected chi connectivity index (χ2v) is 6.97. The van der Waals surface area contributed by atoms with Crippen molar-refractivity contribution in [1.29, 1.82) is 0 Å². The van der Waals surface area contributed by atoms with E-state index >= 15 is 0 Å². The van der Waals surface area contributed by atoms with Crippen molar-refractivity contribution in [2.24, 2.45) is 0 Å². The lowest BCUT2D eigenvalue weighted by atomic mass is 10.2. The second kappa shape index (κ2) is 9.18. The SMILES string of the molecule is O=C(CC(=O)Nc1ccc(Oc2ccccc2)cc1)Nc1ccc(I)cc1. The molecule has 0 saturated carbocycles. The van der Waals surface area contributed by atoms with Crippen LogP contribution in [0.2, 0.25) is 0 Å². The van der Waals surface area contributed by atoms with E-state index in [4.69, 9.17) is 4.74 Å². The summed E-state index contributed by atoms with van der Waals surface area (Å²) in [6.45, 7) is 0. The standard InChI is InChI=1S/C21H17IN2O3/c22-15-6-8-16(9-7-15)23-20(25)14-21(26)24-17-10-12-19(13-11-17)27-18-4-2-1-3-5-18/h1-13H,14H2,(H,23,25)(H,24,26). The molecule has 0 unspecified atom stereocenters. The van der Waals surface area contributed by atoms with Crippen molar-refractivity contribution in [3.63, 3.8) is 0 Å². The van der Waals surface area contributed by atoms with Gasteiger partial charge in [0.15, 0.2) is 0 Å². The maximum Gasteiger partial charge on any atom is 0.233 e. The van der Waals surface area contributed by atoms with Gasteiger partial charge in [0.1, 0.15) is 17.9 Å². The Hall–Kier alpha value is -2.87. The van der Waals surface area contributed by atoms with Crippen LogP contribution < -0.4 is 15.4 Å². The van der Waals surface area contributed by atoms with Gasteiger partial charge >= 0.3 is 0 Å². The molecule has 0 aromatic heterocycles. The average molecular weight is 472 g/mol. The topological polar surface area (TPSA) is 67.4 Å². The Bertz CT molecular complexity index is 910. The number of benzene rings is 3. The van der Waals surface area contributed by atoms with E-state index < -0.39 is 0 Å². The number of para-hydroxylation sites is 1. The Morgan fingerprint density at radius 1 is 0.704 bits per heavy atom. The van der Waals surface area contributed by atoms with Crippen LogP contribution in [0, 0.1) is 3.57 Å². The van der Waals surface area contributed by atoms with Gasteiger partial charge in [-0.3, -0.25) is 9.59 Å². The largest absolute Gasteiger partial charge is 0.457 e. The lowest BCUT2D eigenvalue weighted by molar-refractivity contribution is -0.123. The number of halogens is 1. The number of carbonyl (C=O) groups is 2. The minimum atomic E-state index is -0.380. The summed E-state index contributed by atoms with van der Waals surface area (Å²) in [5.41, 5.74) is 1.26. The van der Waals surface area contributed by atoms with Gasteiger partial charge in [0.2, 0.25) is 11.8 Å². The van der Waals surface area contributed by atoms with Crippen molar-refractivity contribution in [2.75, 3.05) is 10.6 Å². The lowest BCUT2D eigenvalue weighted by Gasteiger charge is -2.08. The second-order valence-electron chi connectivity index (χ2n) is 5.72. The van der Waals surface area contributed by atoms with Crippen molar-refractivity contribution in [1.82, 2.24) is 0 Å². The predicted octanol–water partition coefficient (Wildman–Crippen LogP) is 5.05. The normalized spacial score (nSPS) is 10.1. The molecule has 0 aliphatic carbocycles. The average Bonchev–Trinajstić information content (AvgIpc) is 2.66. The molecule has 27 heavy (non-hydrogen) atoms. The summed E-state index contributed by atoms with van der Waals surface area (Å²) in [5, 5.41) is 5.40.